The zero-order valence-electron chi connectivity index (χ0n) is 9.10. The standard InChI is InChI=1S/C10H17N5S/c11-6-1-3-7(4-2-6)16-10-14-8(12)5-9(13)15-10/h5-7H,1-4,11H2,(H4,12,13,14,15). The lowest BCUT2D eigenvalue weighted by molar-refractivity contribution is 0.450. The van der Waals surface area contributed by atoms with E-state index in [1.165, 1.54) is 0 Å². The van der Waals surface area contributed by atoms with Gasteiger partial charge in [-0.15, -0.1) is 0 Å². The highest BCUT2D eigenvalue weighted by molar-refractivity contribution is 7.99. The maximum absolute atomic E-state index is 5.86. The molecule has 1 heterocycles. The fourth-order valence-corrected chi connectivity index (χ4v) is 2.99. The van der Waals surface area contributed by atoms with Crippen molar-refractivity contribution < 1.29 is 0 Å². The molecule has 0 radical (unpaired) electrons. The Bertz CT molecular complexity index is 342. The van der Waals surface area contributed by atoms with Crippen LogP contribution < -0.4 is 17.2 Å². The first-order chi connectivity index (χ1) is 7.63. The quantitative estimate of drug-likeness (QED) is 0.665. The molecule has 6 N–H and O–H groups in total. The van der Waals surface area contributed by atoms with Gasteiger partial charge in [-0.05, 0) is 25.7 Å². The molecule has 1 fully saturated rings. The maximum atomic E-state index is 5.86. The lowest BCUT2D eigenvalue weighted by Crippen LogP contribution is -2.27. The van der Waals surface area contributed by atoms with Crippen molar-refractivity contribution in [3.8, 4) is 0 Å². The zero-order valence-corrected chi connectivity index (χ0v) is 9.91. The van der Waals surface area contributed by atoms with Crippen LogP contribution in [0, 0.1) is 0 Å². The first-order valence-corrected chi connectivity index (χ1v) is 6.33. The number of rotatable bonds is 2. The topological polar surface area (TPSA) is 104 Å². The lowest BCUT2D eigenvalue weighted by atomic mass is 9.96. The third kappa shape index (κ3) is 2.99. The molecule has 0 saturated heterocycles. The minimum Gasteiger partial charge on any atom is -0.383 e. The Morgan fingerprint density at radius 3 is 2.19 bits per heavy atom. The molecule has 0 amide bonds. The van der Waals surface area contributed by atoms with E-state index in [0.29, 0.717) is 28.1 Å². The summed E-state index contributed by atoms with van der Waals surface area (Å²) in [7, 11) is 0. The van der Waals surface area contributed by atoms with Crippen LogP contribution in [-0.4, -0.2) is 21.3 Å². The van der Waals surface area contributed by atoms with Crippen molar-refractivity contribution >= 4 is 23.4 Å². The smallest absolute Gasteiger partial charge is 0.191 e. The Balaban J connectivity index is 1.98. The third-order valence-electron chi connectivity index (χ3n) is 2.74. The van der Waals surface area contributed by atoms with Crippen LogP contribution in [0.25, 0.3) is 0 Å². The number of anilines is 2. The second kappa shape index (κ2) is 4.88. The van der Waals surface area contributed by atoms with Crippen molar-refractivity contribution in [3.63, 3.8) is 0 Å². The van der Waals surface area contributed by atoms with Crippen molar-refractivity contribution in [1.29, 1.82) is 0 Å². The molecule has 0 spiro atoms. The van der Waals surface area contributed by atoms with E-state index in [4.69, 9.17) is 17.2 Å². The monoisotopic (exact) mass is 239 g/mol. The van der Waals surface area contributed by atoms with Crippen LogP contribution in [0.5, 0.6) is 0 Å². The summed E-state index contributed by atoms with van der Waals surface area (Å²) in [5.41, 5.74) is 17.1. The molecule has 0 aliphatic heterocycles. The second-order valence-corrected chi connectivity index (χ2v) is 5.42. The molecule has 0 unspecified atom stereocenters. The Kier molecular flexibility index (Phi) is 3.50. The molecule has 1 saturated carbocycles. The first kappa shape index (κ1) is 11.5. The maximum Gasteiger partial charge on any atom is 0.191 e. The van der Waals surface area contributed by atoms with Crippen LogP contribution in [0.15, 0.2) is 11.2 Å². The van der Waals surface area contributed by atoms with Crippen LogP contribution in [0.1, 0.15) is 25.7 Å². The van der Waals surface area contributed by atoms with E-state index in [1.807, 2.05) is 0 Å². The number of aromatic nitrogens is 2. The van der Waals surface area contributed by atoms with Crippen molar-refractivity contribution in [1.82, 2.24) is 9.97 Å². The Morgan fingerprint density at radius 1 is 1.06 bits per heavy atom. The highest BCUT2D eigenvalue weighted by Crippen LogP contribution is 2.31. The molecular weight excluding hydrogens is 222 g/mol. The fourth-order valence-electron chi connectivity index (χ4n) is 1.87. The Hall–Kier alpha value is -1.01. The molecule has 0 atom stereocenters. The van der Waals surface area contributed by atoms with Crippen LogP contribution in [0.4, 0.5) is 11.6 Å². The second-order valence-electron chi connectivity index (χ2n) is 4.15. The molecular formula is C10H17N5S. The van der Waals surface area contributed by atoms with Gasteiger partial charge in [-0.2, -0.15) is 0 Å². The summed E-state index contributed by atoms with van der Waals surface area (Å²) in [6.07, 6.45) is 4.39. The van der Waals surface area contributed by atoms with Crippen LogP contribution in [0.2, 0.25) is 0 Å². The van der Waals surface area contributed by atoms with Gasteiger partial charge in [0.15, 0.2) is 5.16 Å². The molecule has 0 bridgehead atoms. The fraction of sp³-hybridized carbons (Fsp3) is 0.600. The molecule has 0 aromatic carbocycles. The van der Waals surface area contributed by atoms with Crippen LogP contribution in [-0.2, 0) is 0 Å². The van der Waals surface area contributed by atoms with Crippen molar-refractivity contribution in [2.45, 2.75) is 42.1 Å². The third-order valence-corrected chi connectivity index (χ3v) is 3.93. The van der Waals surface area contributed by atoms with Gasteiger partial charge >= 0.3 is 0 Å². The SMILES string of the molecule is Nc1cc(N)nc(SC2CCC(N)CC2)n1. The van der Waals surface area contributed by atoms with E-state index in [2.05, 4.69) is 9.97 Å². The van der Waals surface area contributed by atoms with Gasteiger partial charge in [0.05, 0.1) is 0 Å². The number of nitrogens with two attached hydrogens (primary N) is 3. The number of hydrogen-bond donors (Lipinski definition) is 3. The van der Waals surface area contributed by atoms with Gasteiger partial charge in [0.2, 0.25) is 0 Å². The number of nitrogens with zero attached hydrogens (tertiary/aromatic N) is 2. The molecule has 1 aromatic heterocycles. The van der Waals surface area contributed by atoms with Gasteiger partial charge in [-0.25, -0.2) is 9.97 Å². The summed E-state index contributed by atoms with van der Waals surface area (Å²) in [5.74, 6) is 0.866. The van der Waals surface area contributed by atoms with E-state index in [1.54, 1.807) is 17.8 Å². The van der Waals surface area contributed by atoms with Gasteiger partial charge < -0.3 is 17.2 Å². The summed E-state index contributed by atoms with van der Waals surface area (Å²) in [6.45, 7) is 0. The zero-order chi connectivity index (χ0) is 11.5. The number of thioether (sulfide) groups is 1. The van der Waals surface area contributed by atoms with Crippen LogP contribution in [0.3, 0.4) is 0 Å². The Morgan fingerprint density at radius 2 is 1.62 bits per heavy atom. The first-order valence-electron chi connectivity index (χ1n) is 5.46. The summed E-state index contributed by atoms with van der Waals surface area (Å²) in [4.78, 5) is 8.33. The number of hydrogen-bond acceptors (Lipinski definition) is 6. The average molecular weight is 239 g/mol. The summed E-state index contributed by atoms with van der Waals surface area (Å²) >= 11 is 1.66. The van der Waals surface area contributed by atoms with E-state index in [9.17, 15) is 0 Å². The Labute approximate surface area is 99.2 Å². The highest BCUT2D eigenvalue weighted by atomic mass is 32.2. The number of nitrogen functional groups attached to an aromatic ring is 2. The van der Waals surface area contributed by atoms with E-state index < -0.39 is 0 Å². The largest absolute Gasteiger partial charge is 0.383 e. The molecule has 1 aliphatic carbocycles. The normalized spacial score (nSPS) is 25.6. The van der Waals surface area contributed by atoms with Crippen LogP contribution >= 0.6 is 11.8 Å². The van der Waals surface area contributed by atoms with E-state index >= 15 is 0 Å². The van der Waals surface area contributed by atoms with Crippen molar-refractivity contribution in [3.05, 3.63) is 6.07 Å². The van der Waals surface area contributed by atoms with Gasteiger partial charge in [0, 0.05) is 17.4 Å². The van der Waals surface area contributed by atoms with Crippen molar-refractivity contribution in [2.24, 2.45) is 5.73 Å². The molecule has 88 valence electrons. The summed E-state index contributed by atoms with van der Waals surface area (Å²) < 4.78 is 0. The molecule has 6 heteroatoms. The lowest BCUT2D eigenvalue weighted by Gasteiger charge is -2.24. The predicted molar refractivity (Wildman–Crippen MR) is 66.9 cm³/mol. The van der Waals surface area contributed by atoms with Gasteiger partial charge in [-0.1, -0.05) is 11.8 Å². The molecule has 1 aromatic rings. The molecule has 16 heavy (non-hydrogen) atoms. The van der Waals surface area contributed by atoms with E-state index in [0.717, 1.165) is 25.7 Å². The highest BCUT2D eigenvalue weighted by Gasteiger charge is 2.20. The minimum atomic E-state index is 0.365. The molecule has 5 nitrogen and oxygen atoms in total. The summed E-state index contributed by atoms with van der Waals surface area (Å²) in [5, 5.41) is 1.22. The van der Waals surface area contributed by atoms with E-state index in [-0.39, 0.29) is 0 Å². The molecule has 1 aliphatic rings. The van der Waals surface area contributed by atoms with Crippen molar-refractivity contribution in [2.75, 3.05) is 11.5 Å². The molecule has 2 rings (SSSR count). The van der Waals surface area contributed by atoms with Gasteiger partial charge in [-0.3, -0.25) is 0 Å². The average Bonchev–Trinajstić information content (AvgIpc) is 2.20. The van der Waals surface area contributed by atoms with Gasteiger partial charge in [0.1, 0.15) is 11.6 Å². The predicted octanol–water partition coefficient (Wildman–Crippen LogP) is 1.00. The minimum absolute atomic E-state index is 0.365. The van der Waals surface area contributed by atoms with Gasteiger partial charge in [0.25, 0.3) is 0 Å². The summed E-state index contributed by atoms with van der Waals surface area (Å²) in [6, 6.07) is 1.93.